The number of amides is 1. The van der Waals surface area contributed by atoms with E-state index < -0.39 is 20.0 Å². The number of unbranched alkanes of at least 4 members (excludes halogenated alkanes) is 28. The summed E-state index contributed by atoms with van der Waals surface area (Å²) in [6.45, 7) is 4.77. The highest BCUT2D eigenvalue weighted by molar-refractivity contribution is 7.47. The highest BCUT2D eigenvalue weighted by Crippen LogP contribution is 2.43. The Morgan fingerprint density at radius 2 is 0.892 bits per heavy atom. The molecular formula is C56H106N2O6P+. The fraction of sp³-hybridized carbons (Fsp3) is 0.804. The third-order valence-corrected chi connectivity index (χ3v) is 12.9. The van der Waals surface area contributed by atoms with Crippen LogP contribution in [0.4, 0.5) is 0 Å². The normalized spacial score (nSPS) is 14.5. The molecule has 0 aromatic heterocycles. The number of phosphoric acid groups is 1. The molecular weight excluding hydrogens is 828 g/mol. The number of carbonyl (C=O) groups excluding carboxylic acids is 1. The van der Waals surface area contributed by atoms with Gasteiger partial charge in [0.1, 0.15) is 13.2 Å². The predicted octanol–water partition coefficient (Wildman–Crippen LogP) is 16.1. The minimum absolute atomic E-state index is 0.0487. The van der Waals surface area contributed by atoms with E-state index in [0.29, 0.717) is 17.4 Å². The van der Waals surface area contributed by atoms with Crippen molar-refractivity contribution >= 4 is 13.7 Å². The van der Waals surface area contributed by atoms with E-state index in [1.54, 1.807) is 6.08 Å². The molecule has 0 saturated carbocycles. The second-order valence-corrected chi connectivity index (χ2v) is 21.0. The number of hydrogen-bond acceptors (Lipinski definition) is 5. The van der Waals surface area contributed by atoms with Gasteiger partial charge < -0.3 is 19.8 Å². The van der Waals surface area contributed by atoms with Crippen LogP contribution in [0.5, 0.6) is 0 Å². The summed E-state index contributed by atoms with van der Waals surface area (Å²) < 4.78 is 23.6. The van der Waals surface area contributed by atoms with Crippen molar-refractivity contribution in [1.82, 2.24) is 5.32 Å². The van der Waals surface area contributed by atoms with E-state index in [-0.39, 0.29) is 19.1 Å². The summed E-state index contributed by atoms with van der Waals surface area (Å²) in [4.78, 5) is 23.2. The van der Waals surface area contributed by atoms with Gasteiger partial charge in [0.15, 0.2) is 0 Å². The first-order valence-electron chi connectivity index (χ1n) is 27.2. The lowest BCUT2D eigenvalue weighted by molar-refractivity contribution is -0.870. The highest BCUT2D eigenvalue weighted by Gasteiger charge is 2.27. The van der Waals surface area contributed by atoms with Crippen molar-refractivity contribution in [2.75, 3.05) is 40.9 Å². The zero-order valence-electron chi connectivity index (χ0n) is 43.2. The Labute approximate surface area is 402 Å². The van der Waals surface area contributed by atoms with E-state index in [2.05, 4.69) is 67.8 Å². The van der Waals surface area contributed by atoms with Crippen LogP contribution in [-0.4, -0.2) is 73.4 Å². The summed E-state index contributed by atoms with van der Waals surface area (Å²) in [5.41, 5.74) is 0. The first-order valence-corrected chi connectivity index (χ1v) is 28.7. The van der Waals surface area contributed by atoms with Gasteiger partial charge in [-0.25, -0.2) is 4.57 Å². The molecule has 0 aromatic rings. The minimum Gasteiger partial charge on any atom is -0.387 e. The molecule has 0 rings (SSSR count). The molecule has 0 aliphatic heterocycles. The van der Waals surface area contributed by atoms with Gasteiger partial charge in [0.2, 0.25) is 5.91 Å². The third kappa shape index (κ3) is 49.9. The molecule has 0 radical (unpaired) electrons. The van der Waals surface area contributed by atoms with Gasteiger partial charge in [0.05, 0.1) is 39.9 Å². The maximum absolute atomic E-state index is 12.9. The van der Waals surface area contributed by atoms with Crippen LogP contribution in [0.1, 0.15) is 239 Å². The average Bonchev–Trinajstić information content (AvgIpc) is 3.26. The molecule has 380 valence electrons. The number of rotatable bonds is 49. The summed E-state index contributed by atoms with van der Waals surface area (Å²) in [7, 11) is 1.53. The SMILES string of the molecule is CCCCCC/C=C\C/C=C\CCCCCCCC(=O)NC(COP(=O)(O)OCC[N+](C)(C)C)C(O)/C=C/CC/C=C/CC/C=C/CCCCCCCCCCCCCCCCCCC. The zero-order valence-corrected chi connectivity index (χ0v) is 44.1. The first kappa shape index (κ1) is 63.2. The lowest BCUT2D eigenvalue weighted by Crippen LogP contribution is -2.45. The van der Waals surface area contributed by atoms with Gasteiger partial charge in [-0.2, -0.15) is 0 Å². The number of nitrogens with zero attached hydrogens (tertiary/aromatic N) is 1. The summed E-state index contributed by atoms with van der Waals surface area (Å²) in [6.07, 6.45) is 63.2. The third-order valence-electron chi connectivity index (χ3n) is 11.9. The molecule has 3 unspecified atom stereocenters. The average molecular weight is 934 g/mol. The topological polar surface area (TPSA) is 105 Å². The quantitative estimate of drug-likeness (QED) is 0.0243. The van der Waals surface area contributed by atoms with Gasteiger partial charge in [0.25, 0.3) is 0 Å². The molecule has 1 amide bonds. The fourth-order valence-electron chi connectivity index (χ4n) is 7.63. The van der Waals surface area contributed by atoms with Gasteiger partial charge in [0, 0.05) is 6.42 Å². The van der Waals surface area contributed by atoms with Gasteiger partial charge in [-0.3, -0.25) is 13.8 Å². The molecule has 0 aromatic carbocycles. The summed E-state index contributed by atoms with van der Waals surface area (Å²) in [5, 5.41) is 13.9. The Balaban J connectivity index is 4.33. The Bertz CT molecular complexity index is 1240. The van der Waals surface area contributed by atoms with Crippen LogP contribution in [0.15, 0.2) is 60.8 Å². The van der Waals surface area contributed by atoms with Crippen molar-refractivity contribution in [2.45, 2.75) is 251 Å². The molecule has 0 aliphatic carbocycles. The molecule has 9 heteroatoms. The Kier molecular flexibility index (Phi) is 46.0. The fourth-order valence-corrected chi connectivity index (χ4v) is 8.37. The monoisotopic (exact) mass is 934 g/mol. The van der Waals surface area contributed by atoms with Gasteiger partial charge in [-0.15, -0.1) is 0 Å². The lowest BCUT2D eigenvalue weighted by atomic mass is 10.0. The molecule has 0 spiro atoms. The van der Waals surface area contributed by atoms with Crippen LogP contribution in [0, 0.1) is 0 Å². The second-order valence-electron chi connectivity index (χ2n) is 19.6. The van der Waals surface area contributed by atoms with Gasteiger partial charge in [-0.1, -0.05) is 216 Å². The van der Waals surface area contributed by atoms with Crippen LogP contribution in [-0.2, 0) is 18.4 Å². The number of carbonyl (C=O) groups is 1. The molecule has 65 heavy (non-hydrogen) atoms. The smallest absolute Gasteiger partial charge is 0.387 e. The van der Waals surface area contributed by atoms with Crippen LogP contribution in [0.2, 0.25) is 0 Å². The number of phosphoric ester groups is 1. The summed E-state index contributed by atoms with van der Waals surface area (Å²) >= 11 is 0. The Hall–Kier alpha value is -1.80. The summed E-state index contributed by atoms with van der Waals surface area (Å²) in [5.74, 6) is -0.205. The number of quaternary nitrogens is 1. The van der Waals surface area contributed by atoms with E-state index in [0.717, 1.165) is 70.6 Å². The summed E-state index contributed by atoms with van der Waals surface area (Å²) in [6, 6.07) is -0.879. The van der Waals surface area contributed by atoms with Crippen molar-refractivity contribution in [2.24, 2.45) is 0 Å². The van der Waals surface area contributed by atoms with Crippen molar-refractivity contribution in [3.05, 3.63) is 60.8 Å². The number of hydrogen-bond donors (Lipinski definition) is 3. The van der Waals surface area contributed by atoms with Crippen molar-refractivity contribution in [1.29, 1.82) is 0 Å². The molecule has 3 atom stereocenters. The standard InChI is InChI=1S/C56H105N2O6P/c1-6-8-10-12-14-16-18-20-22-24-25-26-27-28-29-30-31-32-33-34-35-37-39-41-43-45-47-49-55(59)54(53-64-65(61,62)63-52-51-58(3,4)5)57-56(60)50-48-46-44-42-40-38-36-23-21-19-17-15-13-11-9-7-2/h17,19,23,33-34,36,39,41,47,49,54-55,59H,6-16,18,20-22,24-32,35,37-38,40,42-46,48,50-53H2,1-5H3,(H-,57,60,61,62)/p+1/b19-17-,34-33+,36-23-,41-39+,49-47+. The predicted molar refractivity (Wildman–Crippen MR) is 281 cm³/mol. The van der Waals surface area contributed by atoms with Crippen LogP contribution in [0.3, 0.4) is 0 Å². The minimum atomic E-state index is -4.36. The van der Waals surface area contributed by atoms with Crippen LogP contribution < -0.4 is 5.32 Å². The van der Waals surface area contributed by atoms with Crippen LogP contribution >= 0.6 is 7.82 Å². The largest absolute Gasteiger partial charge is 0.472 e. The highest BCUT2D eigenvalue weighted by atomic mass is 31.2. The van der Waals surface area contributed by atoms with E-state index in [4.69, 9.17) is 9.05 Å². The van der Waals surface area contributed by atoms with Gasteiger partial charge >= 0.3 is 7.82 Å². The van der Waals surface area contributed by atoms with E-state index in [1.165, 1.54) is 148 Å². The van der Waals surface area contributed by atoms with Crippen LogP contribution in [0.25, 0.3) is 0 Å². The Morgan fingerprint density at radius 3 is 1.34 bits per heavy atom. The number of nitrogens with one attached hydrogen (secondary N) is 1. The van der Waals surface area contributed by atoms with E-state index >= 15 is 0 Å². The maximum atomic E-state index is 12.9. The number of aliphatic hydroxyl groups is 1. The molecule has 8 nitrogen and oxygen atoms in total. The molecule has 0 heterocycles. The maximum Gasteiger partial charge on any atom is 0.472 e. The number of aliphatic hydroxyl groups excluding tert-OH is 1. The molecule has 0 bridgehead atoms. The second kappa shape index (κ2) is 47.3. The van der Waals surface area contributed by atoms with Gasteiger partial charge in [-0.05, 0) is 77.0 Å². The van der Waals surface area contributed by atoms with E-state index in [9.17, 15) is 19.4 Å². The molecule has 0 aliphatic rings. The lowest BCUT2D eigenvalue weighted by Gasteiger charge is -2.25. The van der Waals surface area contributed by atoms with E-state index in [1.807, 2.05) is 27.2 Å². The van der Waals surface area contributed by atoms with Crippen molar-refractivity contribution < 1.29 is 32.9 Å². The number of likely N-dealkylation sites (N-methyl/N-ethyl adjacent to an activating group) is 1. The van der Waals surface area contributed by atoms with Crippen molar-refractivity contribution in [3.63, 3.8) is 0 Å². The molecule has 3 N–H and O–H groups in total. The zero-order chi connectivity index (χ0) is 47.8. The Morgan fingerprint density at radius 1 is 0.523 bits per heavy atom. The molecule has 0 fully saturated rings. The van der Waals surface area contributed by atoms with Crippen molar-refractivity contribution in [3.8, 4) is 0 Å². The number of allylic oxidation sites excluding steroid dienone is 9. The molecule has 0 saturated heterocycles. The first-order chi connectivity index (χ1) is 31.5.